The van der Waals surface area contributed by atoms with Crippen LogP contribution in [0.15, 0.2) is 30.5 Å². The molecule has 1 rings (SSSR count). The van der Waals surface area contributed by atoms with Crippen molar-refractivity contribution >= 4 is 11.5 Å². The Morgan fingerprint density at radius 3 is 2.93 bits per heavy atom. The number of rotatable bonds is 4. The lowest BCUT2D eigenvalue weighted by Gasteiger charge is -1.97. The molecular formula is C11H13NO2. The summed E-state index contributed by atoms with van der Waals surface area (Å²) in [6, 6.07) is 5.17. The second-order valence-corrected chi connectivity index (χ2v) is 2.96. The van der Waals surface area contributed by atoms with Crippen LogP contribution in [0.25, 0.3) is 5.76 Å². The number of allylic oxidation sites excluding steroid dienone is 1. The second-order valence-electron chi connectivity index (χ2n) is 2.96. The maximum absolute atomic E-state index is 11.2. The van der Waals surface area contributed by atoms with Gasteiger partial charge in [0.25, 0.3) is 0 Å². The molecule has 0 aliphatic carbocycles. The van der Waals surface area contributed by atoms with Crippen molar-refractivity contribution in [2.75, 3.05) is 0 Å². The third kappa shape index (κ3) is 3.01. The minimum absolute atomic E-state index is 0.0657. The Morgan fingerprint density at radius 2 is 2.36 bits per heavy atom. The zero-order chi connectivity index (χ0) is 10.4. The average Bonchev–Trinajstić information content (AvgIpc) is 2.19. The first kappa shape index (κ1) is 10.4. The van der Waals surface area contributed by atoms with Crippen LogP contribution in [0, 0.1) is 0 Å². The van der Waals surface area contributed by atoms with Crippen molar-refractivity contribution in [3.05, 3.63) is 36.2 Å². The number of pyridine rings is 1. The predicted molar refractivity (Wildman–Crippen MR) is 54.8 cm³/mol. The summed E-state index contributed by atoms with van der Waals surface area (Å²) >= 11 is 0. The molecule has 0 amide bonds. The van der Waals surface area contributed by atoms with Gasteiger partial charge in [0.15, 0.2) is 5.78 Å². The van der Waals surface area contributed by atoms with Crippen molar-refractivity contribution in [1.29, 1.82) is 0 Å². The van der Waals surface area contributed by atoms with E-state index in [4.69, 9.17) is 0 Å². The first-order valence-corrected chi connectivity index (χ1v) is 4.59. The molecule has 1 heterocycles. The highest BCUT2D eigenvalue weighted by Crippen LogP contribution is 2.07. The number of hydrogen-bond acceptors (Lipinski definition) is 3. The lowest BCUT2D eigenvalue weighted by molar-refractivity contribution is -0.114. The van der Waals surface area contributed by atoms with E-state index in [2.05, 4.69) is 4.98 Å². The van der Waals surface area contributed by atoms with E-state index in [0.29, 0.717) is 12.1 Å². The van der Waals surface area contributed by atoms with Gasteiger partial charge in [-0.2, -0.15) is 0 Å². The fourth-order valence-electron chi connectivity index (χ4n) is 1.06. The highest BCUT2D eigenvalue weighted by molar-refractivity contribution is 5.94. The van der Waals surface area contributed by atoms with Crippen molar-refractivity contribution in [3.63, 3.8) is 0 Å². The van der Waals surface area contributed by atoms with Crippen LogP contribution in [0.1, 0.15) is 25.5 Å². The lowest BCUT2D eigenvalue weighted by Crippen LogP contribution is -1.95. The first-order chi connectivity index (χ1) is 6.74. The van der Waals surface area contributed by atoms with E-state index in [0.717, 1.165) is 6.42 Å². The zero-order valence-corrected chi connectivity index (χ0v) is 8.10. The second kappa shape index (κ2) is 5.17. The summed E-state index contributed by atoms with van der Waals surface area (Å²) in [6.07, 6.45) is 4.04. The van der Waals surface area contributed by atoms with Crippen molar-refractivity contribution < 1.29 is 9.90 Å². The third-order valence-electron chi connectivity index (χ3n) is 1.72. The standard InChI is InChI=1S/C11H13NO2/c1-2-5-9(13)8-11(14)10-6-3-4-7-12-10/h3-4,6-8,14H,2,5H2,1H3. The molecule has 0 saturated heterocycles. The molecule has 0 unspecified atom stereocenters. The van der Waals surface area contributed by atoms with Crippen molar-refractivity contribution in [2.24, 2.45) is 0 Å². The summed E-state index contributed by atoms with van der Waals surface area (Å²) in [6.45, 7) is 1.92. The highest BCUT2D eigenvalue weighted by atomic mass is 16.3. The van der Waals surface area contributed by atoms with Crippen LogP contribution >= 0.6 is 0 Å². The van der Waals surface area contributed by atoms with Gasteiger partial charge in [-0.05, 0) is 18.6 Å². The fourth-order valence-corrected chi connectivity index (χ4v) is 1.06. The van der Waals surface area contributed by atoms with E-state index in [1.165, 1.54) is 6.08 Å². The van der Waals surface area contributed by atoms with Crippen LogP contribution < -0.4 is 0 Å². The molecule has 0 fully saturated rings. The van der Waals surface area contributed by atoms with E-state index in [9.17, 15) is 9.90 Å². The first-order valence-electron chi connectivity index (χ1n) is 4.59. The minimum atomic E-state index is -0.0735. The van der Waals surface area contributed by atoms with E-state index in [-0.39, 0.29) is 11.5 Å². The number of nitrogens with zero attached hydrogens (tertiary/aromatic N) is 1. The summed E-state index contributed by atoms with van der Waals surface area (Å²) in [5.74, 6) is -0.139. The molecule has 0 atom stereocenters. The Balaban J connectivity index is 2.75. The fraction of sp³-hybridized carbons (Fsp3) is 0.273. The van der Waals surface area contributed by atoms with Gasteiger partial charge in [0, 0.05) is 18.7 Å². The number of hydrogen-bond donors (Lipinski definition) is 1. The molecule has 1 aromatic heterocycles. The molecule has 0 bridgehead atoms. The Labute approximate surface area is 83.1 Å². The predicted octanol–water partition coefficient (Wildman–Crippen LogP) is 2.35. The average molecular weight is 191 g/mol. The molecule has 1 aromatic rings. The molecule has 0 saturated carbocycles. The van der Waals surface area contributed by atoms with Crippen molar-refractivity contribution in [1.82, 2.24) is 4.98 Å². The van der Waals surface area contributed by atoms with Crippen LogP contribution in [-0.4, -0.2) is 15.9 Å². The quantitative estimate of drug-likeness (QED) is 0.587. The molecule has 0 aliphatic rings. The van der Waals surface area contributed by atoms with Crippen molar-refractivity contribution in [3.8, 4) is 0 Å². The smallest absolute Gasteiger partial charge is 0.159 e. The number of aliphatic hydroxyl groups excluding tert-OH is 1. The highest BCUT2D eigenvalue weighted by Gasteiger charge is 2.02. The summed E-state index contributed by atoms with van der Waals surface area (Å²) in [5, 5.41) is 9.50. The van der Waals surface area contributed by atoms with Gasteiger partial charge in [0.05, 0.1) is 0 Å². The van der Waals surface area contributed by atoms with Crippen LogP contribution in [0.3, 0.4) is 0 Å². The molecule has 3 nitrogen and oxygen atoms in total. The van der Waals surface area contributed by atoms with Gasteiger partial charge in [0.1, 0.15) is 11.5 Å². The van der Waals surface area contributed by atoms with Gasteiger partial charge in [-0.3, -0.25) is 9.78 Å². The normalized spacial score (nSPS) is 11.4. The van der Waals surface area contributed by atoms with Crippen LogP contribution in [-0.2, 0) is 4.79 Å². The third-order valence-corrected chi connectivity index (χ3v) is 1.72. The number of carbonyl (C=O) groups excluding carboxylic acids is 1. The van der Waals surface area contributed by atoms with Gasteiger partial charge in [-0.1, -0.05) is 13.0 Å². The van der Waals surface area contributed by atoms with Gasteiger partial charge in [-0.25, -0.2) is 0 Å². The zero-order valence-electron chi connectivity index (χ0n) is 8.10. The summed E-state index contributed by atoms with van der Waals surface area (Å²) < 4.78 is 0. The maximum Gasteiger partial charge on any atom is 0.159 e. The Kier molecular flexibility index (Phi) is 3.85. The van der Waals surface area contributed by atoms with E-state index in [1.54, 1.807) is 24.4 Å². The molecule has 0 spiro atoms. The molecular weight excluding hydrogens is 178 g/mol. The Bertz CT molecular complexity index is 330. The molecule has 74 valence electrons. The number of ketones is 1. The number of aromatic nitrogens is 1. The monoisotopic (exact) mass is 191 g/mol. The molecule has 0 aliphatic heterocycles. The van der Waals surface area contributed by atoms with Gasteiger partial charge >= 0.3 is 0 Å². The molecule has 3 heteroatoms. The molecule has 14 heavy (non-hydrogen) atoms. The van der Waals surface area contributed by atoms with Gasteiger partial charge < -0.3 is 5.11 Å². The SMILES string of the molecule is CCCC(=O)C=C(O)c1ccccn1. The lowest BCUT2D eigenvalue weighted by atomic mass is 10.2. The van der Waals surface area contributed by atoms with Gasteiger partial charge in [-0.15, -0.1) is 0 Å². The Hall–Kier alpha value is -1.64. The largest absolute Gasteiger partial charge is 0.506 e. The summed E-state index contributed by atoms with van der Waals surface area (Å²) in [5.41, 5.74) is 0.428. The molecule has 0 aromatic carbocycles. The van der Waals surface area contributed by atoms with E-state index in [1.807, 2.05) is 6.92 Å². The minimum Gasteiger partial charge on any atom is -0.506 e. The summed E-state index contributed by atoms with van der Waals surface area (Å²) in [7, 11) is 0. The van der Waals surface area contributed by atoms with Gasteiger partial charge in [0.2, 0.25) is 0 Å². The Morgan fingerprint density at radius 1 is 1.57 bits per heavy atom. The van der Waals surface area contributed by atoms with Crippen LogP contribution in [0.2, 0.25) is 0 Å². The van der Waals surface area contributed by atoms with E-state index < -0.39 is 0 Å². The van der Waals surface area contributed by atoms with E-state index >= 15 is 0 Å². The van der Waals surface area contributed by atoms with Crippen LogP contribution in [0.4, 0.5) is 0 Å². The molecule has 1 N–H and O–H groups in total. The molecule has 0 radical (unpaired) electrons. The van der Waals surface area contributed by atoms with Crippen LogP contribution in [0.5, 0.6) is 0 Å². The topological polar surface area (TPSA) is 50.2 Å². The maximum atomic E-state index is 11.2. The summed E-state index contributed by atoms with van der Waals surface area (Å²) in [4.78, 5) is 15.1. The number of aliphatic hydroxyl groups is 1. The van der Waals surface area contributed by atoms with Crippen molar-refractivity contribution in [2.45, 2.75) is 19.8 Å². The number of carbonyl (C=O) groups is 1.